The number of nitrogens with zero attached hydrogens (tertiary/aromatic N) is 3. The van der Waals surface area contributed by atoms with E-state index in [0.717, 1.165) is 12.8 Å². The monoisotopic (exact) mass is 438 g/mol. The van der Waals surface area contributed by atoms with E-state index in [1.807, 2.05) is 11.8 Å². The van der Waals surface area contributed by atoms with Gasteiger partial charge in [-0.25, -0.2) is 4.98 Å². The summed E-state index contributed by atoms with van der Waals surface area (Å²) in [6.07, 6.45) is 1.54. The van der Waals surface area contributed by atoms with E-state index in [0.29, 0.717) is 35.2 Å². The molecule has 1 fully saturated rings. The van der Waals surface area contributed by atoms with Crippen molar-refractivity contribution in [1.29, 1.82) is 0 Å². The number of nitrogens with one attached hydrogen (secondary N) is 1. The molecule has 1 saturated heterocycles. The zero-order valence-corrected chi connectivity index (χ0v) is 17.6. The van der Waals surface area contributed by atoms with Gasteiger partial charge in [-0.3, -0.25) is 4.79 Å². The van der Waals surface area contributed by atoms with Gasteiger partial charge in [0.05, 0.1) is 22.2 Å². The Labute approximate surface area is 179 Å². The lowest BCUT2D eigenvalue weighted by molar-refractivity contribution is 0.0940. The molecule has 10 heteroatoms. The van der Waals surface area contributed by atoms with E-state index >= 15 is 0 Å². The minimum atomic E-state index is -0.485. The van der Waals surface area contributed by atoms with Crippen LogP contribution in [0.4, 0.5) is 11.8 Å². The molecule has 1 aliphatic heterocycles. The second-order valence-electron chi connectivity index (χ2n) is 7.35. The third kappa shape index (κ3) is 4.72. The quantitative estimate of drug-likeness (QED) is 0.561. The van der Waals surface area contributed by atoms with Gasteiger partial charge >= 0.3 is 0 Å². The van der Waals surface area contributed by atoms with Crippen LogP contribution < -0.4 is 21.7 Å². The normalized spacial score (nSPS) is 16.0. The van der Waals surface area contributed by atoms with Crippen LogP contribution in [0.5, 0.6) is 0 Å². The number of carbonyl (C=O) groups excluding carboxylic acids is 1. The molecular formula is C19H24Cl2N6O2. The number of carbonyl (C=O) groups is 1. The third-order valence-electron chi connectivity index (χ3n) is 4.95. The maximum atomic E-state index is 12.8. The number of hydrogen-bond donors (Lipinski definition) is 4. The molecule has 1 aliphatic rings. The van der Waals surface area contributed by atoms with Gasteiger partial charge in [0, 0.05) is 30.7 Å². The highest BCUT2D eigenvalue weighted by molar-refractivity contribution is 6.44. The summed E-state index contributed by atoms with van der Waals surface area (Å²) in [5.41, 5.74) is 13.1. The van der Waals surface area contributed by atoms with Gasteiger partial charge in [0.2, 0.25) is 5.95 Å². The molecule has 0 unspecified atom stereocenters. The lowest BCUT2D eigenvalue weighted by Gasteiger charge is -2.36. The van der Waals surface area contributed by atoms with Crippen LogP contribution in [0.15, 0.2) is 18.2 Å². The van der Waals surface area contributed by atoms with Crippen LogP contribution in [0.25, 0.3) is 11.1 Å². The molecule has 0 spiro atoms. The third-order valence-corrected chi connectivity index (χ3v) is 5.77. The maximum Gasteiger partial charge on any atom is 0.270 e. The Hall–Kier alpha value is -2.13. The molecule has 1 aromatic carbocycles. The molecule has 1 amide bonds. The predicted molar refractivity (Wildman–Crippen MR) is 115 cm³/mol. The Morgan fingerprint density at radius 2 is 2.00 bits per heavy atom. The van der Waals surface area contributed by atoms with Crippen LogP contribution in [0.1, 0.15) is 30.3 Å². The lowest BCUT2D eigenvalue weighted by Crippen LogP contribution is -2.48. The summed E-state index contributed by atoms with van der Waals surface area (Å²) in [6.45, 7) is 3.20. The zero-order chi connectivity index (χ0) is 21.2. The zero-order valence-electron chi connectivity index (χ0n) is 16.1. The van der Waals surface area contributed by atoms with E-state index in [4.69, 9.17) is 39.8 Å². The standard InChI is InChI=1S/C19H24Cl2N6O2/c1-19(23)5-8-27(9-6-19)18-25-15(17(29)24-7-10-28)13(16(22)26-18)11-3-2-4-12(20)14(11)21/h2-4,28H,5-10,23H2,1H3,(H,24,29)(H2,22,25,26). The summed E-state index contributed by atoms with van der Waals surface area (Å²) >= 11 is 12.5. The Bertz CT molecular complexity index is 912. The first-order valence-corrected chi connectivity index (χ1v) is 10.0. The Kier molecular flexibility index (Phi) is 6.48. The van der Waals surface area contributed by atoms with Crippen LogP contribution in [-0.4, -0.2) is 52.8 Å². The number of hydrogen-bond acceptors (Lipinski definition) is 7. The van der Waals surface area contributed by atoms with Gasteiger partial charge in [-0.15, -0.1) is 0 Å². The van der Waals surface area contributed by atoms with E-state index in [1.165, 1.54) is 0 Å². The number of benzene rings is 1. The van der Waals surface area contributed by atoms with Gasteiger partial charge < -0.3 is 26.8 Å². The molecule has 2 aromatic rings. The molecule has 0 atom stereocenters. The number of nitrogens with two attached hydrogens (primary N) is 2. The van der Waals surface area contributed by atoms with Gasteiger partial charge in [0.15, 0.2) is 0 Å². The molecule has 0 bridgehead atoms. The van der Waals surface area contributed by atoms with Crippen molar-refractivity contribution in [3.63, 3.8) is 0 Å². The summed E-state index contributed by atoms with van der Waals surface area (Å²) in [7, 11) is 0. The smallest absolute Gasteiger partial charge is 0.270 e. The highest BCUT2D eigenvalue weighted by Crippen LogP contribution is 2.38. The summed E-state index contributed by atoms with van der Waals surface area (Å²) in [5, 5.41) is 12.3. The van der Waals surface area contributed by atoms with Crippen LogP contribution in [0.3, 0.4) is 0 Å². The molecule has 8 nitrogen and oxygen atoms in total. The summed E-state index contributed by atoms with van der Waals surface area (Å²) in [5.74, 6) is -0.00966. The fourth-order valence-electron chi connectivity index (χ4n) is 3.20. The topological polar surface area (TPSA) is 130 Å². The molecule has 0 saturated carbocycles. The molecule has 0 radical (unpaired) electrons. The minimum absolute atomic E-state index is 0.0752. The number of nitrogen functional groups attached to an aromatic ring is 1. The predicted octanol–water partition coefficient (Wildman–Crippen LogP) is 2.07. The van der Waals surface area contributed by atoms with Crippen LogP contribution >= 0.6 is 23.2 Å². The molecule has 2 heterocycles. The van der Waals surface area contributed by atoms with Crippen LogP contribution in [0.2, 0.25) is 10.0 Å². The van der Waals surface area contributed by atoms with E-state index < -0.39 is 5.91 Å². The summed E-state index contributed by atoms with van der Waals surface area (Å²) < 4.78 is 0. The number of rotatable bonds is 5. The first kappa shape index (κ1) is 21.6. The maximum absolute atomic E-state index is 12.8. The number of anilines is 2. The lowest BCUT2D eigenvalue weighted by atomic mass is 9.91. The largest absolute Gasteiger partial charge is 0.395 e. The average molecular weight is 439 g/mol. The van der Waals surface area contributed by atoms with Crippen molar-refractivity contribution in [2.24, 2.45) is 5.73 Å². The fourth-order valence-corrected chi connectivity index (χ4v) is 3.60. The first-order chi connectivity index (χ1) is 13.7. The Balaban J connectivity index is 2.08. The van der Waals surface area contributed by atoms with Crippen LogP contribution in [0, 0.1) is 0 Å². The van der Waals surface area contributed by atoms with Crippen molar-refractivity contribution in [1.82, 2.24) is 15.3 Å². The van der Waals surface area contributed by atoms with Crippen molar-refractivity contribution in [3.8, 4) is 11.1 Å². The van der Waals surface area contributed by atoms with E-state index in [2.05, 4.69) is 15.3 Å². The minimum Gasteiger partial charge on any atom is -0.395 e. The summed E-state index contributed by atoms with van der Waals surface area (Å²) in [6, 6.07) is 5.05. The molecule has 156 valence electrons. The van der Waals surface area contributed by atoms with Crippen molar-refractivity contribution in [2.75, 3.05) is 36.9 Å². The number of aromatic nitrogens is 2. The highest BCUT2D eigenvalue weighted by Gasteiger charge is 2.29. The number of aliphatic hydroxyl groups is 1. The van der Waals surface area contributed by atoms with Gasteiger partial charge in [0.1, 0.15) is 11.5 Å². The SMILES string of the molecule is CC1(N)CCN(c2nc(N)c(-c3cccc(Cl)c3Cl)c(C(=O)NCCO)n2)CC1. The number of halogens is 2. The number of amides is 1. The van der Waals surface area contributed by atoms with Gasteiger partial charge in [-0.05, 0) is 25.8 Å². The molecule has 6 N–H and O–H groups in total. The Morgan fingerprint density at radius 1 is 1.31 bits per heavy atom. The first-order valence-electron chi connectivity index (χ1n) is 9.28. The highest BCUT2D eigenvalue weighted by atomic mass is 35.5. The molecule has 29 heavy (non-hydrogen) atoms. The fraction of sp³-hybridized carbons (Fsp3) is 0.421. The second kappa shape index (κ2) is 8.71. The van der Waals surface area contributed by atoms with Gasteiger partial charge in [0.25, 0.3) is 5.91 Å². The Morgan fingerprint density at radius 3 is 2.66 bits per heavy atom. The number of piperidine rings is 1. The number of aliphatic hydroxyl groups excluding tert-OH is 1. The van der Waals surface area contributed by atoms with Crippen molar-refractivity contribution in [3.05, 3.63) is 33.9 Å². The second-order valence-corrected chi connectivity index (χ2v) is 8.14. The van der Waals surface area contributed by atoms with Crippen molar-refractivity contribution in [2.45, 2.75) is 25.3 Å². The average Bonchev–Trinajstić information content (AvgIpc) is 2.68. The summed E-state index contributed by atoms with van der Waals surface area (Å²) in [4.78, 5) is 23.7. The molecule has 3 rings (SSSR count). The van der Waals surface area contributed by atoms with Crippen molar-refractivity contribution < 1.29 is 9.90 Å². The molecular weight excluding hydrogens is 415 g/mol. The van der Waals surface area contributed by atoms with E-state index in [1.54, 1.807) is 18.2 Å². The molecule has 1 aromatic heterocycles. The van der Waals surface area contributed by atoms with E-state index in [-0.39, 0.29) is 35.2 Å². The van der Waals surface area contributed by atoms with Crippen molar-refractivity contribution >= 4 is 40.9 Å². The van der Waals surface area contributed by atoms with Gasteiger partial charge in [-0.1, -0.05) is 35.3 Å². The van der Waals surface area contributed by atoms with Crippen LogP contribution in [-0.2, 0) is 0 Å². The molecule has 0 aliphatic carbocycles. The van der Waals surface area contributed by atoms with Gasteiger partial charge in [-0.2, -0.15) is 4.98 Å². The van der Waals surface area contributed by atoms with E-state index in [9.17, 15) is 4.79 Å².